The smallest absolute Gasteiger partial charge is 0.131 e. The first-order valence-corrected chi connectivity index (χ1v) is 8.14. The third-order valence-corrected chi connectivity index (χ3v) is 6.07. The van der Waals surface area contributed by atoms with Crippen molar-refractivity contribution in [3.63, 3.8) is 0 Å². The Morgan fingerprint density at radius 3 is 2.38 bits per heavy atom. The maximum atomic E-state index is 4.66. The van der Waals surface area contributed by atoms with Gasteiger partial charge in [0.15, 0.2) is 0 Å². The molecule has 6 rings (SSSR count). The van der Waals surface area contributed by atoms with Crippen LogP contribution in [0.4, 0.5) is 0 Å². The largest absolute Gasteiger partial charge is 0.254 e. The molecule has 0 aliphatic heterocycles. The zero-order valence-electron chi connectivity index (χ0n) is 12.1. The quantitative estimate of drug-likeness (QED) is 0.918. The van der Waals surface area contributed by atoms with Gasteiger partial charge in [-0.05, 0) is 73.3 Å². The van der Waals surface area contributed by atoms with E-state index in [-0.39, 0.29) is 0 Å². The van der Waals surface area contributed by atoms with Crippen molar-refractivity contribution in [2.45, 2.75) is 43.9 Å². The molecular weight excluding hydrogens is 260 g/mol. The maximum absolute atomic E-state index is 4.66. The SMILES string of the molecule is c1cnc(-c2cn[nH]n2)c(C23CC4CC(CC(C4)C2)C3)c1. The van der Waals surface area contributed by atoms with E-state index >= 15 is 0 Å². The molecule has 4 bridgehead atoms. The highest BCUT2D eigenvalue weighted by atomic mass is 15.3. The van der Waals surface area contributed by atoms with Gasteiger partial charge >= 0.3 is 0 Å². The lowest BCUT2D eigenvalue weighted by Gasteiger charge is -2.57. The van der Waals surface area contributed by atoms with Crippen LogP contribution in [0.3, 0.4) is 0 Å². The first-order valence-electron chi connectivity index (χ1n) is 8.14. The summed E-state index contributed by atoms with van der Waals surface area (Å²) in [6.45, 7) is 0. The number of pyridine rings is 1. The van der Waals surface area contributed by atoms with Gasteiger partial charge in [0.05, 0.1) is 11.9 Å². The minimum Gasteiger partial charge on any atom is -0.254 e. The van der Waals surface area contributed by atoms with E-state index in [1.165, 1.54) is 44.1 Å². The van der Waals surface area contributed by atoms with E-state index in [9.17, 15) is 0 Å². The normalized spacial score (nSPS) is 37.0. The summed E-state index contributed by atoms with van der Waals surface area (Å²) in [5, 5.41) is 11.0. The average molecular weight is 280 g/mol. The molecule has 21 heavy (non-hydrogen) atoms. The highest BCUT2D eigenvalue weighted by Crippen LogP contribution is 2.61. The Bertz CT molecular complexity index is 626. The summed E-state index contributed by atoms with van der Waals surface area (Å²) < 4.78 is 0. The van der Waals surface area contributed by atoms with Crippen molar-refractivity contribution in [1.82, 2.24) is 20.4 Å². The van der Waals surface area contributed by atoms with Crippen LogP contribution in [0.5, 0.6) is 0 Å². The third-order valence-electron chi connectivity index (χ3n) is 6.07. The van der Waals surface area contributed by atoms with Crippen LogP contribution < -0.4 is 0 Å². The second-order valence-corrected chi connectivity index (χ2v) is 7.45. The summed E-state index contributed by atoms with van der Waals surface area (Å²) in [6, 6.07) is 4.39. The molecule has 0 atom stereocenters. The number of hydrogen-bond acceptors (Lipinski definition) is 3. The monoisotopic (exact) mass is 280 g/mol. The number of nitrogens with one attached hydrogen (secondary N) is 1. The van der Waals surface area contributed by atoms with Crippen molar-refractivity contribution in [2.75, 3.05) is 0 Å². The molecule has 4 aliphatic carbocycles. The molecule has 4 heteroatoms. The number of nitrogens with zero attached hydrogens (tertiary/aromatic N) is 3. The first kappa shape index (κ1) is 11.9. The Hall–Kier alpha value is -1.71. The van der Waals surface area contributed by atoms with E-state index in [0.29, 0.717) is 5.41 Å². The molecule has 0 radical (unpaired) electrons. The molecule has 1 N–H and O–H groups in total. The summed E-state index contributed by atoms with van der Waals surface area (Å²) in [6.07, 6.45) is 12.2. The van der Waals surface area contributed by atoms with Crippen molar-refractivity contribution >= 4 is 0 Å². The van der Waals surface area contributed by atoms with Crippen molar-refractivity contribution < 1.29 is 0 Å². The van der Waals surface area contributed by atoms with Gasteiger partial charge in [-0.25, -0.2) is 0 Å². The van der Waals surface area contributed by atoms with Gasteiger partial charge in [0, 0.05) is 6.20 Å². The number of H-pyrrole nitrogens is 1. The van der Waals surface area contributed by atoms with Crippen molar-refractivity contribution in [3.8, 4) is 11.4 Å². The molecule has 2 aromatic rings. The second kappa shape index (κ2) is 4.15. The Balaban J connectivity index is 1.65. The zero-order valence-corrected chi connectivity index (χ0v) is 12.1. The molecule has 0 saturated heterocycles. The van der Waals surface area contributed by atoms with Gasteiger partial charge in [-0.3, -0.25) is 4.98 Å². The van der Waals surface area contributed by atoms with Crippen LogP contribution in [0, 0.1) is 17.8 Å². The molecule has 4 saturated carbocycles. The van der Waals surface area contributed by atoms with E-state index in [0.717, 1.165) is 29.1 Å². The lowest BCUT2D eigenvalue weighted by atomic mass is 9.48. The Labute approximate surface area is 124 Å². The molecule has 0 aromatic carbocycles. The van der Waals surface area contributed by atoms with Gasteiger partial charge in [-0.15, -0.1) is 0 Å². The highest BCUT2D eigenvalue weighted by molar-refractivity contribution is 5.60. The number of aromatic amines is 1. The minimum absolute atomic E-state index is 0.358. The predicted octanol–water partition coefficient (Wildman–Crippen LogP) is 3.33. The van der Waals surface area contributed by atoms with E-state index in [4.69, 9.17) is 0 Å². The molecule has 2 aromatic heterocycles. The number of hydrogen-bond donors (Lipinski definition) is 1. The Kier molecular flexibility index (Phi) is 2.35. The van der Waals surface area contributed by atoms with Crippen LogP contribution in [0.1, 0.15) is 44.1 Å². The van der Waals surface area contributed by atoms with Gasteiger partial charge < -0.3 is 0 Å². The fourth-order valence-electron chi connectivity index (χ4n) is 5.79. The Morgan fingerprint density at radius 1 is 1.05 bits per heavy atom. The summed E-state index contributed by atoms with van der Waals surface area (Å²) >= 11 is 0. The maximum Gasteiger partial charge on any atom is 0.131 e. The van der Waals surface area contributed by atoms with Gasteiger partial charge in [0.25, 0.3) is 0 Å². The molecule has 4 aliphatic rings. The molecule has 0 amide bonds. The standard InChI is InChI=1S/C17H20N4/c1-2-14(16(18-3-1)15-10-19-21-20-15)17-7-11-4-12(8-17)6-13(5-11)9-17/h1-3,10-13H,4-9H2,(H,19,20,21). The van der Waals surface area contributed by atoms with Crippen LogP contribution in [-0.4, -0.2) is 20.4 Å². The lowest BCUT2D eigenvalue weighted by Crippen LogP contribution is -2.48. The van der Waals surface area contributed by atoms with Gasteiger partial charge in [0.1, 0.15) is 5.69 Å². The number of rotatable bonds is 2. The van der Waals surface area contributed by atoms with E-state index in [1.54, 1.807) is 6.20 Å². The minimum atomic E-state index is 0.358. The third kappa shape index (κ3) is 1.71. The van der Waals surface area contributed by atoms with Crippen LogP contribution in [0.2, 0.25) is 0 Å². The molecule has 108 valence electrons. The van der Waals surface area contributed by atoms with Gasteiger partial charge in [0.2, 0.25) is 0 Å². The fourth-order valence-corrected chi connectivity index (χ4v) is 5.79. The van der Waals surface area contributed by atoms with Crippen molar-refractivity contribution in [3.05, 3.63) is 30.1 Å². The molecule has 0 unspecified atom stereocenters. The van der Waals surface area contributed by atoms with Gasteiger partial charge in [-0.1, -0.05) is 6.07 Å². The summed E-state index contributed by atoms with van der Waals surface area (Å²) in [5.41, 5.74) is 3.73. The fraction of sp³-hybridized carbons (Fsp3) is 0.588. The molecule has 4 nitrogen and oxygen atoms in total. The number of aromatic nitrogens is 4. The Morgan fingerprint density at radius 2 is 1.76 bits per heavy atom. The summed E-state index contributed by atoms with van der Waals surface area (Å²) in [7, 11) is 0. The molecular formula is C17H20N4. The summed E-state index contributed by atoms with van der Waals surface area (Å²) in [5.74, 6) is 2.84. The van der Waals surface area contributed by atoms with Crippen molar-refractivity contribution in [2.24, 2.45) is 17.8 Å². The average Bonchev–Trinajstić information content (AvgIpc) is 3.00. The van der Waals surface area contributed by atoms with Crippen LogP contribution in [-0.2, 0) is 5.41 Å². The van der Waals surface area contributed by atoms with Gasteiger partial charge in [-0.2, -0.15) is 15.4 Å². The highest BCUT2D eigenvalue weighted by Gasteiger charge is 2.52. The van der Waals surface area contributed by atoms with E-state index < -0.39 is 0 Å². The predicted molar refractivity (Wildman–Crippen MR) is 79.5 cm³/mol. The van der Waals surface area contributed by atoms with Crippen LogP contribution in [0.25, 0.3) is 11.4 Å². The second-order valence-electron chi connectivity index (χ2n) is 7.45. The first-order chi connectivity index (χ1) is 10.3. The van der Waals surface area contributed by atoms with Crippen LogP contribution in [0.15, 0.2) is 24.5 Å². The van der Waals surface area contributed by atoms with Crippen LogP contribution >= 0.6 is 0 Å². The molecule has 4 fully saturated rings. The van der Waals surface area contributed by atoms with E-state index in [1.807, 2.05) is 6.20 Å². The lowest BCUT2D eigenvalue weighted by molar-refractivity contribution is -0.00505. The topological polar surface area (TPSA) is 54.5 Å². The molecule has 0 spiro atoms. The van der Waals surface area contributed by atoms with E-state index in [2.05, 4.69) is 32.5 Å². The summed E-state index contributed by atoms with van der Waals surface area (Å²) in [4.78, 5) is 4.66. The molecule has 2 heterocycles. The van der Waals surface area contributed by atoms with Crippen molar-refractivity contribution in [1.29, 1.82) is 0 Å². The zero-order chi connectivity index (χ0) is 13.9.